The number of carboxylic acid groups (broad SMARTS) is 1. The van der Waals surface area contributed by atoms with E-state index in [0.717, 1.165) is 11.1 Å². The molecule has 0 bridgehead atoms. The highest BCUT2D eigenvalue weighted by molar-refractivity contribution is 7.89. The number of nitrogens with two attached hydrogens (primary N) is 1. The predicted molar refractivity (Wildman–Crippen MR) is 96.2 cm³/mol. The Morgan fingerprint density at radius 1 is 1.08 bits per heavy atom. The molecule has 0 fully saturated rings. The van der Waals surface area contributed by atoms with Crippen LogP contribution in [0.3, 0.4) is 0 Å². The summed E-state index contributed by atoms with van der Waals surface area (Å²) in [5, 5.41) is 9.23. The molecule has 134 valence electrons. The van der Waals surface area contributed by atoms with E-state index in [4.69, 9.17) is 34.0 Å². The summed E-state index contributed by atoms with van der Waals surface area (Å²) in [6, 6.07) is 9.94. The van der Waals surface area contributed by atoms with Crippen LogP contribution in [0.1, 0.15) is 11.1 Å². The first-order valence-corrected chi connectivity index (χ1v) is 9.44. The standard InChI is InChI=1S/C16H16Cl2N2O4S/c17-13-6-5-12(8-14(13)18)25(23,24)20-9-11-3-1-10(2-4-11)7-15(19)16(21)22/h1-6,8,15,20H,7,9,19H2,(H,21,22). The number of carboxylic acids is 1. The number of hydrogen-bond acceptors (Lipinski definition) is 4. The van der Waals surface area contributed by atoms with Crippen LogP contribution < -0.4 is 10.5 Å². The summed E-state index contributed by atoms with van der Waals surface area (Å²) in [4.78, 5) is 10.8. The molecule has 2 rings (SSSR count). The first-order valence-electron chi connectivity index (χ1n) is 7.20. The lowest BCUT2D eigenvalue weighted by Crippen LogP contribution is -2.32. The predicted octanol–water partition coefficient (Wildman–Crippen LogP) is 2.43. The van der Waals surface area contributed by atoms with Crippen molar-refractivity contribution in [3.05, 3.63) is 63.6 Å². The summed E-state index contributed by atoms with van der Waals surface area (Å²) < 4.78 is 27.0. The molecule has 6 nitrogen and oxygen atoms in total. The highest BCUT2D eigenvalue weighted by Crippen LogP contribution is 2.24. The molecule has 0 aliphatic carbocycles. The molecule has 2 aromatic carbocycles. The van der Waals surface area contributed by atoms with Crippen LogP contribution in [0.4, 0.5) is 0 Å². The minimum atomic E-state index is -3.73. The first kappa shape index (κ1) is 19.7. The van der Waals surface area contributed by atoms with Gasteiger partial charge in [0.1, 0.15) is 6.04 Å². The van der Waals surface area contributed by atoms with E-state index in [2.05, 4.69) is 4.72 Å². The van der Waals surface area contributed by atoms with E-state index in [0.29, 0.717) is 0 Å². The average molecular weight is 403 g/mol. The largest absolute Gasteiger partial charge is 0.480 e. The Labute approximate surface area is 155 Å². The second kappa shape index (κ2) is 8.16. The average Bonchev–Trinajstić information content (AvgIpc) is 2.56. The highest BCUT2D eigenvalue weighted by atomic mass is 35.5. The van der Waals surface area contributed by atoms with Crippen molar-refractivity contribution in [1.82, 2.24) is 4.72 Å². The fourth-order valence-corrected chi connectivity index (χ4v) is 3.45. The number of nitrogens with one attached hydrogen (secondary N) is 1. The summed E-state index contributed by atoms with van der Waals surface area (Å²) in [6.07, 6.45) is 0.199. The van der Waals surface area contributed by atoms with Crippen LogP contribution in [0.15, 0.2) is 47.4 Å². The van der Waals surface area contributed by atoms with E-state index >= 15 is 0 Å². The minimum absolute atomic E-state index is 0.0194. The zero-order valence-electron chi connectivity index (χ0n) is 12.9. The number of hydrogen-bond donors (Lipinski definition) is 3. The lowest BCUT2D eigenvalue weighted by molar-refractivity contribution is -0.138. The van der Waals surface area contributed by atoms with Crippen LogP contribution in [0.25, 0.3) is 0 Å². The number of benzene rings is 2. The van der Waals surface area contributed by atoms with E-state index in [1.807, 2.05) is 0 Å². The smallest absolute Gasteiger partial charge is 0.320 e. The Morgan fingerprint density at radius 2 is 1.68 bits per heavy atom. The van der Waals surface area contributed by atoms with E-state index in [1.165, 1.54) is 18.2 Å². The van der Waals surface area contributed by atoms with Crippen molar-refractivity contribution in [2.75, 3.05) is 0 Å². The zero-order valence-corrected chi connectivity index (χ0v) is 15.3. The van der Waals surface area contributed by atoms with Gasteiger partial charge in [-0.1, -0.05) is 47.5 Å². The number of aliphatic carboxylic acids is 1. The van der Waals surface area contributed by atoms with Crippen LogP contribution in [0, 0.1) is 0 Å². The zero-order chi connectivity index (χ0) is 18.6. The third kappa shape index (κ3) is 5.42. The molecule has 0 saturated heterocycles. The van der Waals surface area contributed by atoms with E-state index in [-0.39, 0.29) is 27.9 Å². The van der Waals surface area contributed by atoms with Crippen molar-refractivity contribution < 1.29 is 18.3 Å². The molecule has 0 saturated carbocycles. The Bertz CT molecular complexity index is 870. The van der Waals surface area contributed by atoms with Crippen LogP contribution in [-0.4, -0.2) is 25.5 Å². The number of halogens is 2. The van der Waals surface area contributed by atoms with Gasteiger partial charge in [0.2, 0.25) is 10.0 Å². The minimum Gasteiger partial charge on any atom is -0.480 e. The van der Waals surface area contributed by atoms with Crippen molar-refractivity contribution >= 4 is 39.2 Å². The summed E-state index contributed by atoms with van der Waals surface area (Å²) in [5.74, 6) is -1.07. The normalized spacial score (nSPS) is 12.8. The van der Waals surface area contributed by atoms with Gasteiger partial charge in [-0.05, 0) is 35.7 Å². The fourth-order valence-electron chi connectivity index (χ4n) is 2.04. The van der Waals surface area contributed by atoms with Crippen molar-refractivity contribution in [2.45, 2.75) is 23.9 Å². The molecule has 0 heterocycles. The van der Waals surface area contributed by atoms with E-state index < -0.39 is 22.0 Å². The van der Waals surface area contributed by atoms with Crippen LogP contribution in [0.2, 0.25) is 10.0 Å². The molecule has 4 N–H and O–H groups in total. The summed E-state index contributed by atoms with van der Waals surface area (Å²) in [6.45, 7) is 0.0772. The summed E-state index contributed by atoms with van der Waals surface area (Å²) in [5.41, 5.74) is 6.95. The van der Waals surface area contributed by atoms with Crippen LogP contribution in [0.5, 0.6) is 0 Å². The molecule has 2 aromatic rings. The lowest BCUT2D eigenvalue weighted by Gasteiger charge is -2.09. The maximum Gasteiger partial charge on any atom is 0.320 e. The third-order valence-corrected chi connectivity index (χ3v) is 5.60. The van der Waals surface area contributed by atoms with Gasteiger partial charge in [-0.3, -0.25) is 4.79 Å². The van der Waals surface area contributed by atoms with Gasteiger partial charge in [-0.25, -0.2) is 13.1 Å². The summed E-state index contributed by atoms with van der Waals surface area (Å²) in [7, 11) is -3.73. The molecule has 0 aliphatic rings. The fraction of sp³-hybridized carbons (Fsp3) is 0.188. The monoisotopic (exact) mass is 402 g/mol. The molecular formula is C16H16Cl2N2O4S. The van der Waals surface area contributed by atoms with Crippen molar-refractivity contribution in [3.63, 3.8) is 0 Å². The van der Waals surface area contributed by atoms with Gasteiger partial charge < -0.3 is 10.8 Å². The summed E-state index contributed by atoms with van der Waals surface area (Å²) >= 11 is 11.6. The molecule has 0 aliphatic heterocycles. The molecule has 0 amide bonds. The van der Waals surface area contributed by atoms with Gasteiger partial charge in [-0.15, -0.1) is 0 Å². The molecule has 1 unspecified atom stereocenters. The van der Waals surface area contributed by atoms with Gasteiger partial charge in [0.05, 0.1) is 14.9 Å². The van der Waals surface area contributed by atoms with Crippen LogP contribution in [-0.2, 0) is 27.8 Å². The topological polar surface area (TPSA) is 109 Å². The molecule has 9 heteroatoms. The molecule has 0 aromatic heterocycles. The van der Waals surface area contributed by atoms with Gasteiger partial charge in [0.15, 0.2) is 0 Å². The second-order valence-corrected chi connectivity index (χ2v) is 7.95. The SMILES string of the molecule is NC(Cc1ccc(CNS(=O)(=O)c2ccc(Cl)c(Cl)c2)cc1)C(=O)O. The molecule has 0 radical (unpaired) electrons. The van der Waals surface area contributed by atoms with Crippen molar-refractivity contribution in [3.8, 4) is 0 Å². The molecule has 0 spiro atoms. The Balaban J connectivity index is 2.02. The maximum absolute atomic E-state index is 12.3. The van der Waals surface area contributed by atoms with E-state index in [1.54, 1.807) is 24.3 Å². The molecule has 1 atom stereocenters. The van der Waals surface area contributed by atoms with E-state index in [9.17, 15) is 13.2 Å². The quantitative estimate of drug-likeness (QED) is 0.658. The van der Waals surface area contributed by atoms with Crippen molar-refractivity contribution in [1.29, 1.82) is 0 Å². The Kier molecular flexibility index (Phi) is 6.42. The number of carbonyl (C=O) groups is 1. The number of rotatable bonds is 7. The first-order chi connectivity index (χ1) is 11.7. The van der Waals surface area contributed by atoms with Gasteiger partial charge in [0, 0.05) is 6.54 Å². The maximum atomic E-state index is 12.3. The van der Waals surface area contributed by atoms with Crippen molar-refractivity contribution in [2.24, 2.45) is 5.73 Å². The van der Waals surface area contributed by atoms with Gasteiger partial charge >= 0.3 is 5.97 Å². The highest BCUT2D eigenvalue weighted by Gasteiger charge is 2.15. The van der Waals surface area contributed by atoms with Gasteiger partial charge in [0.25, 0.3) is 0 Å². The van der Waals surface area contributed by atoms with Crippen LogP contribution >= 0.6 is 23.2 Å². The Morgan fingerprint density at radius 3 is 2.24 bits per heavy atom. The second-order valence-electron chi connectivity index (χ2n) is 5.37. The van der Waals surface area contributed by atoms with Gasteiger partial charge in [-0.2, -0.15) is 0 Å². The lowest BCUT2D eigenvalue weighted by atomic mass is 10.0. The molecule has 25 heavy (non-hydrogen) atoms. The number of sulfonamides is 1. The molecular weight excluding hydrogens is 387 g/mol. The Hall–Kier alpha value is -1.64. The third-order valence-electron chi connectivity index (χ3n) is 3.46.